The molecule has 9 N–H and O–H groups in total. The lowest BCUT2D eigenvalue weighted by molar-refractivity contribution is -0.138. The van der Waals surface area contributed by atoms with Gasteiger partial charge in [0.05, 0.1) is 7.11 Å². The molecule has 4 rings (SSSR count). The van der Waals surface area contributed by atoms with Crippen molar-refractivity contribution in [1.29, 1.82) is 0 Å². The highest BCUT2D eigenvalue weighted by molar-refractivity contribution is 5.97. The van der Waals surface area contributed by atoms with Crippen LogP contribution in [-0.4, -0.2) is 90.3 Å². The summed E-state index contributed by atoms with van der Waals surface area (Å²) in [5.41, 5.74) is 6.11. The first-order chi connectivity index (χ1) is 27.3. The third-order valence-electron chi connectivity index (χ3n) is 9.14. The first-order valence-electron chi connectivity index (χ1n) is 18.4. The van der Waals surface area contributed by atoms with Crippen LogP contribution < -0.4 is 42.7 Å². The maximum Gasteiger partial charge on any atom is 0.349 e. The van der Waals surface area contributed by atoms with Gasteiger partial charge in [-0.3, -0.25) is 33.6 Å². The number of rotatable bonds is 22. The average molecular weight is 790 g/mol. The lowest BCUT2D eigenvalue weighted by atomic mass is 10.0. The van der Waals surface area contributed by atoms with Gasteiger partial charge in [0.1, 0.15) is 35.0 Å². The Hall–Kier alpha value is -6.72. The standard InChI is InChI=1S/C39H47N7O11/c1-41-36(52)28(14-16-34(49)50)45-38(54)30(19-23-21-43-27-9-6-5-8-25(23)27)46-37(53)29(13-15-32(40)47)44-33(48)10-4-3-7-17-42-35(51)26-18-22-11-12-24(56-2)20-31(22)57-39(26)55/h5-6,8-9,11-12,18,20-21,28-30,43H,3-4,7,10,13-17,19H2,1-2H3,(H2,40,47)(H,41,52)(H,42,51)(H,44,48)(H,45,54)(H,46,53)(H,49,50)/t28-,29-,30-/m0/s1. The van der Waals surface area contributed by atoms with E-state index in [4.69, 9.17) is 20.0 Å². The summed E-state index contributed by atoms with van der Waals surface area (Å²) in [6.45, 7) is 0.209. The number of primary amides is 1. The summed E-state index contributed by atoms with van der Waals surface area (Å²) in [6, 6.07) is 9.82. The van der Waals surface area contributed by atoms with E-state index in [0.717, 1.165) is 10.9 Å². The number of carboxylic acids is 1. The molecule has 4 aromatic rings. The van der Waals surface area contributed by atoms with Gasteiger partial charge in [0.2, 0.25) is 29.5 Å². The predicted octanol–water partition coefficient (Wildman–Crippen LogP) is 1.15. The molecule has 57 heavy (non-hydrogen) atoms. The first-order valence-corrected chi connectivity index (χ1v) is 18.4. The van der Waals surface area contributed by atoms with Gasteiger partial charge in [-0.1, -0.05) is 24.6 Å². The molecule has 6 amide bonds. The smallest absolute Gasteiger partial charge is 0.349 e. The molecule has 0 saturated carbocycles. The van der Waals surface area contributed by atoms with Gasteiger partial charge >= 0.3 is 11.6 Å². The van der Waals surface area contributed by atoms with E-state index in [1.54, 1.807) is 30.5 Å². The van der Waals surface area contributed by atoms with E-state index in [1.165, 1.54) is 20.2 Å². The van der Waals surface area contributed by atoms with E-state index in [-0.39, 0.29) is 49.8 Å². The Labute approximate surface area is 326 Å². The largest absolute Gasteiger partial charge is 0.497 e. The molecular formula is C39H47N7O11. The van der Waals surface area contributed by atoms with Crippen LogP contribution in [0, 0.1) is 0 Å². The highest BCUT2D eigenvalue weighted by Crippen LogP contribution is 2.21. The van der Waals surface area contributed by atoms with Gasteiger partial charge in [0.15, 0.2) is 0 Å². The van der Waals surface area contributed by atoms with Crippen LogP contribution in [0.25, 0.3) is 21.9 Å². The number of aromatic nitrogens is 1. The summed E-state index contributed by atoms with van der Waals surface area (Å²) in [4.78, 5) is 104. The summed E-state index contributed by atoms with van der Waals surface area (Å²) in [6.07, 6.45) is 1.91. The molecule has 3 atom stereocenters. The van der Waals surface area contributed by atoms with E-state index in [2.05, 4.69) is 31.6 Å². The number of methoxy groups -OCH3 is 1. The molecular weight excluding hydrogens is 742 g/mol. The van der Waals surface area contributed by atoms with Crippen molar-refractivity contribution in [1.82, 2.24) is 31.6 Å². The number of carboxylic acid groups (broad SMARTS) is 1. The SMILES string of the molecule is CNC(=O)[C@H](CCC(=O)O)NC(=O)[C@H](Cc1c[nH]c2ccccc12)NC(=O)[C@H](CCC(N)=O)NC(=O)CCCCCNC(=O)c1cc2ccc(OC)cc2oc1=O. The first kappa shape index (κ1) is 43.0. The number of fused-ring (bicyclic) bond motifs is 2. The molecule has 0 bridgehead atoms. The molecule has 18 heteroatoms. The van der Waals surface area contributed by atoms with Crippen molar-refractivity contribution in [3.05, 3.63) is 76.3 Å². The Balaban J connectivity index is 1.36. The van der Waals surface area contributed by atoms with Gasteiger partial charge in [0, 0.05) is 67.8 Å². The number of likely N-dealkylation sites (N-methyl/N-ethyl adjacent to an activating group) is 1. The number of aliphatic carboxylic acids is 1. The molecule has 0 saturated heterocycles. The van der Waals surface area contributed by atoms with Crippen molar-refractivity contribution >= 4 is 63.3 Å². The minimum atomic E-state index is -1.29. The topological polar surface area (TPSA) is 281 Å². The predicted molar refractivity (Wildman–Crippen MR) is 207 cm³/mol. The Bertz CT molecular complexity index is 2160. The fraction of sp³-hybridized carbons (Fsp3) is 0.385. The number of ether oxygens (including phenoxy) is 1. The summed E-state index contributed by atoms with van der Waals surface area (Å²) in [5.74, 6) is -4.70. The molecule has 0 fully saturated rings. The zero-order chi connectivity index (χ0) is 41.5. The molecule has 0 aliphatic carbocycles. The second kappa shape index (κ2) is 20.8. The monoisotopic (exact) mass is 789 g/mol. The second-order valence-electron chi connectivity index (χ2n) is 13.3. The van der Waals surface area contributed by atoms with E-state index in [0.29, 0.717) is 36.0 Å². The molecule has 18 nitrogen and oxygen atoms in total. The molecule has 2 aromatic heterocycles. The highest BCUT2D eigenvalue weighted by Gasteiger charge is 2.31. The zero-order valence-electron chi connectivity index (χ0n) is 31.6. The Morgan fingerprint density at radius 3 is 2.26 bits per heavy atom. The summed E-state index contributed by atoms with van der Waals surface area (Å²) < 4.78 is 10.4. The fourth-order valence-corrected chi connectivity index (χ4v) is 6.07. The van der Waals surface area contributed by atoms with Crippen LogP contribution in [-0.2, 0) is 35.2 Å². The van der Waals surface area contributed by atoms with Gasteiger partial charge in [0.25, 0.3) is 5.91 Å². The van der Waals surface area contributed by atoms with Gasteiger partial charge < -0.3 is 51.6 Å². The minimum Gasteiger partial charge on any atom is -0.497 e. The third-order valence-corrected chi connectivity index (χ3v) is 9.14. The van der Waals surface area contributed by atoms with E-state index >= 15 is 0 Å². The van der Waals surface area contributed by atoms with Crippen LogP contribution in [0.3, 0.4) is 0 Å². The van der Waals surface area contributed by atoms with Gasteiger partial charge in [-0.2, -0.15) is 0 Å². The van der Waals surface area contributed by atoms with Crippen LogP contribution in [0.15, 0.2) is 63.9 Å². The van der Waals surface area contributed by atoms with Gasteiger partial charge in [-0.15, -0.1) is 0 Å². The normalized spacial score (nSPS) is 12.5. The number of carbonyl (C=O) groups excluding carboxylic acids is 6. The van der Waals surface area contributed by atoms with Crippen LogP contribution >= 0.6 is 0 Å². The number of para-hydroxylation sites is 1. The second-order valence-corrected chi connectivity index (χ2v) is 13.3. The van der Waals surface area contributed by atoms with Crippen molar-refractivity contribution in [3.63, 3.8) is 0 Å². The zero-order valence-corrected chi connectivity index (χ0v) is 31.6. The number of carbonyl (C=O) groups is 7. The fourth-order valence-electron chi connectivity index (χ4n) is 6.07. The van der Waals surface area contributed by atoms with Crippen molar-refractivity contribution in [2.45, 2.75) is 75.9 Å². The molecule has 2 heterocycles. The number of aromatic amines is 1. The maximum atomic E-state index is 13.7. The summed E-state index contributed by atoms with van der Waals surface area (Å²) in [5, 5.41) is 23.4. The molecule has 0 unspecified atom stereocenters. The Morgan fingerprint density at radius 1 is 0.842 bits per heavy atom. The molecule has 0 spiro atoms. The number of nitrogens with one attached hydrogen (secondary N) is 6. The summed E-state index contributed by atoms with van der Waals surface area (Å²) in [7, 11) is 2.82. The number of nitrogens with two attached hydrogens (primary N) is 1. The van der Waals surface area contributed by atoms with Crippen molar-refractivity contribution in [2.75, 3.05) is 20.7 Å². The van der Waals surface area contributed by atoms with Crippen LogP contribution in [0.2, 0.25) is 0 Å². The van der Waals surface area contributed by atoms with Gasteiger partial charge in [-0.05, 0) is 55.5 Å². The molecule has 2 aromatic carbocycles. The summed E-state index contributed by atoms with van der Waals surface area (Å²) >= 11 is 0. The maximum absolute atomic E-state index is 13.7. The van der Waals surface area contributed by atoms with Gasteiger partial charge in [-0.25, -0.2) is 4.79 Å². The quantitative estimate of drug-likeness (QED) is 0.0413. The van der Waals surface area contributed by atoms with E-state index in [1.807, 2.05) is 18.2 Å². The number of amides is 6. The average Bonchev–Trinajstić information content (AvgIpc) is 3.60. The number of H-pyrrole nitrogens is 1. The van der Waals surface area contributed by atoms with Crippen molar-refractivity contribution < 1.29 is 47.8 Å². The third kappa shape index (κ3) is 12.7. The minimum absolute atomic E-state index is 0.0112. The van der Waals surface area contributed by atoms with Crippen LogP contribution in [0.1, 0.15) is 67.3 Å². The Morgan fingerprint density at radius 2 is 1.54 bits per heavy atom. The van der Waals surface area contributed by atoms with Crippen LogP contribution in [0.5, 0.6) is 5.75 Å². The molecule has 304 valence electrons. The van der Waals surface area contributed by atoms with E-state index < -0.39 is 71.6 Å². The number of hydrogen-bond donors (Lipinski definition) is 8. The van der Waals surface area contributed by atoms with Crippen molar-refractivity contribution in [3.8, 4) is 5.75 Å². The lowest BCUT2D eigenvalue weighted by Crippen LogP contribution is -2.57. The number of unbranched alkanes of at least 4 members (excludes halogenated alkanes) is 2. The van der Waals surface area contributed by atoms with Crippen LogP contribution in [0.4, 0.5) is 0 Å². The number of benzene rings is 2. The number of hydrogen-bond acceptors (Lipinski definition) is 10. The molecule has 0 radical (unpaired) electrons. The van der Waals surface area contributed by atoms with Crippen molar-refractivity contribution in [2.24, 2.45) is 5.73 Å². The molecule has 0 aliphatic rings. The highest BCUT2D eigenvalue weighted by atomic mass is 16.5. The lowest BCUT2D eigenvalue weighted by Gasteiger charge is -2.25. The molecule has 0 aliphatic heterocycles. The Kier molecular flexibility index (Phi) is 15.7. The van der Waals surface area contributed by atoms with E-state index in [9.17, 15) is 38.4 Å².